The highest BCUT2D eigenvalue weighted by atomic mass is 32.2. The highest BCUT2D eigenvalue weighted by Gasteiger charge is 2.04. The lowest BCUT2D eigenvalue weighted by Crippen LogP contribution is -2.19. The zero-order valence-corrected chi connectivity index (χ0v) is 14.5. The molecular weight excluding hydrogens is 334 g/mol. The number of hydrazone groups is 1. The van der Waals surface area contributed by atoms with Gasteiger partial charge in [0.1, 0.15) is 5.75 Å². The molecule has 0 aliphatic rings. The van der Waals surface area contributed by atoms with Crippen molar-refractivity contribution in [1.29, 1.82) is 0 Å². The van der Waals surface area contributed by atoms with E-state index in [2.05, 4.69) is 15.5 Å². The number of rotatable bonds is 6. The summed E-state index contributed by atoms with van der Waals surface area (Å²) in [5.41, 5.74) is 4.29. The summed E-state index contributed by atoms with van der Waals surface area (Å²) in [5.74, 6) is 0.813. The minimum atomic E-state index is -0.181. The molecule has 0 atom stereocenters. The fraction of sp³-hybridized carbons (Fsp3) is 0.105. The van der Waals surface area contributed by atoms with E-state index in [9.17, 15) is 4.79 Å². The molecule has 0 spiro atoms. The number of fused-ring (bicyclic) bond motifs is 1. The van der Waals surface area contributed by atoms with Crippen LogP contribution in [0.15, 0.2) is 70.8 Å². The van der Waals surface area contributed by atoms with Gasteiger partial charge in [-0.05, 0) is 29.8 Å². The van der Waals surface area contributed by atoms with Crippen LogP contribution in [0.1, 0.15) is 5.56 Å². The normalized spacial score (nSPS) is 10.9. The lowest BCUT2D eigenvalue weighted by atomic mass is 10.2. The lowest BCUT2D eigenvalue weighted by Gasteiger charge is -2.03. The predicted octanol–water partition coefficient (Wildman–Crippen LogP) is 3.49. The van der Waals surface area contributed by atoms with E-state index in [-0.39, 0.29) is 11.7 Å². The van der Waals surface area contributed by atoms with Gasteiger partial charge in [0.05, 0.1) is 29.6 Å². The summed E-state index contributed by atoms with van der Waals surface area (Å²) in [6, 6.07) is 19.2. The molecule has 0 unspecified atom stereocenters. The number of amides is 1. The van der Waals surface area contributed by atoms with Gasteiger partial charge in [-0.1, -0.05) is 48.2 Å². The monoisotopic (exact) mass is 351 g/mol. The Balaban J connectivity index is 1.52. The molecule has 6 heteroatoms. The molecule has 1 N–H and O–H groups in total. The Morgan fingerprint density at radius 3 is 2.96 bits per heavy atom. The van der Waals surface area contributed by atoms with E-state index in [1.54, 1.807) is 13.3 Å². The molecule has 0 radical (unpaired) electrons. The van der Waals surface area contributed by atoms with Crippen LogP contribution >= 0.6 is 11.8 Å². The van der Waals surface area contributed by atoms with E-state index in [0.29, 0.717) is 0 Å². The van der Waals surface area contributed by atoms with Crippen LogP contribution in [0.25, 0.3) is 10.9 Å². The number of hydrogen-bond donors (Lipinski definition) is 1. The molecule has 1 amide bonds. The van der Waals surface area contributed by atoms with Crippen molar-refractivity contribution in [1.82, 2.24) is 10.4 Å². The zero-order chi connectivity index (χ0) is 17.5. The first-order valence-electron chi connectivity index (χ1n) is 7.69. The van der Waals surface area contributed by atoms with E-state index in [4.69, 9.17) is 4.74 Å². The number of benzene rings is 2. The number of carbonyl (C=O) groups excluding carboxylic acids is 1. The van der Waals surface area contributed by atoms with Gasteiger partial charge in [-0.2, -0.15) is 5.10 Å². The molecule has 0 saturated carbocycles. The van der Waals surface area contributed by atoms with Gasteiger partial charge in [-0.25, -0.2) is 10.4 Å². The van der Waals surface area contributed by atoms with E-state index in [1.165, 1.54) is 11.8 Å². The van der Waals surface area contributed by atoms with E-state index in [1.807, 2.05) is 60.7 Å². The van der Waals surface area contributed by atoms with E-state index in [0.717, 1.165) is 27.2 Å². The molecule has 3 aromatic rings. The summed E-state index contributed by atoms with van der Waals surface area (Å²) < 4.78 is 5.14. The SMILES string of the molecule is COc1cccc(/C=N/NC(=O)CSc2ccc3ccccc3n2)c1. The van der Waals surface area contributed by atoms with Gasteiger partial charge in [-0.3, -0.25) is 4.79 Å². The molecule has 0 aliphatic carbocycles. The molecule has 25 heavy (non-hydrogen) atoms. The molecule has 1 heterocycles. The van der Waals surface area contributed by atoms with Gasteiger partial charge in [0.2, 0.25) is 5.91 Å². The van der Waals surface area contributed by atoms with Crippen LogP contribution in [0.3, 0.4) is 0 Å². The zero-order valence-electron chi connectivity index (χ0n) is 13.7. The molecule has 5 nitrogen and oxygen atoms in total. The van der Waals surface area contributed by atoms with Crippen molar-refractivity contribution in [3.63, 3.8) is 0 Å². The molecule has 1 aromatic heterocycles. The van der Waals surface area contributed by atoms with Crippen molar-refractivity contribution in [3.05, 3.63) is 66.2 Å². The number of thioether (sulfide) groups is 1. The fourth-order valence-electron chi connectivity index (χ4n) is 2.20. The second kappa shape index (κ2) is 8.30. The summed E-state index contributed by atoms with van der Waals surface area (Å²) >= 11 is 1.38. The Bertz CT molecular complexity index is 912. The molecule has 126 valence electrons. The number of ether oxygens (including phenoxy) is 1. The van der Waals surface area contributed by atoms with Gasteiger partial charge < -0.3 is 4.74 Å². The first kappa shape index (κ1) is 17.0. The molecular formula is C19H17N3O2S. The Morgan fingerprint density at radius 2 is 2.08 bits per heavy atom. The van der Waals surface area contributed by atoms with Gasteiger partial charge in [0, 0.05) is 5.39 Å². The van der Waals surface area contributed by atoms with Crippen molar-refractivity contribution in [3.8, 4) is 5.75 Å². The fourth-order valence-corrected chi connectivity index (χ4v) is 2.87. The average molecular weight is 351 g/mol. The highest BCUT2D eigenvalue weighted by Crippen LogP contribution is 2.19. The van der Waals surface area contributed by atoms with Gasteiger partial charge >= 0.3 is 0 Å². The minimum absolute atomic E-state index is 0.181. The Labute approximate surface area is 150 Å². The summed E-state index contributed by atoms with van der Waals surface area (Å²) in [7, 11) is 1.61. The van der Waals surface area contributed by atoms with Gasteiger partial charge in [-0.15, -0.1) is 0 Å². The van der Waals surface area contributed by atoms with Crippen molar-refractivity contribution >= 4 is 34.8 Å². The standard InChI is InChI=1S/C19H17N3O2S/c1-24-16-7-4-5-14(11-16)12-20-22-18(23)13-25-19-10-9-15-6-2-3-8-17(15)21-19/h2-12H,13H2,1H3,(H,22,23)/b20-12+. The minimum Gasteiger partial charge on any atom is -0.497 e. The predicted molar refractivity (Wildman–Crippen MR) is 101 cm³/mol. The number of nitrogens with one attached hydrogen (secondary N) is 1. The number of methoxy groups -OCH3 is 1. The maximum Gasteiger partial charge on any atom is 0.250 e. The van der Waals surface area contributed by atoms with Crippen LogP contribution in [-0.4, -0.2) is 30.0 Å². The Morgan fingerprint density at radius 1 is 1.20 bits per heavy atom. The lowest BCUT2D eigenvalue weighted by molar-refractivity contribution is -0.118. The molecule has 3 rings (SSSR count). The highest BCUT2D eigenvalue weighted by molar-refractivity contribution is 7.99. The molecule has 0 aliphatic heterocycles. The smallest absolute Gasteiger partial charge is 0.250 e. The summed E-state index contributed by atoms with van der Waals surface area (Å²) in [4.78, 5) is 16.4. The number of hydrogen-bond acceptors (Lipinski definition) is 5. The largest absolute Gasteiger partial charge is 0.497 e. The van der Waals surface area contributed by atoms with Gasteiger partial charge in [0.25, 0.3) is 0 Å². The average Bonchev–Trinajstić information content (AvgIpc) is 2.66. The topological polar surface area (TPSA) is 63.6 Å². The van der Waals surface area contributed by atoms with Crippen molar-refractivity contribution in [2.75, 3.05) is 12.9 Å². The summed E-state index contributed by atoms with van der Waals surface area (Å²) in [6.07, 6.45) is 1.58. The third-order valence-electron chi connectivity index (χ3n) is 3.42. The number of nitrogens with zero attached hydrogens (tertiary/aromatic N) is 2. The first-order valence-corrected chi connectivity index (χ1v) is 8.68. The summed E-state index contributed by atoms with van der Waals surface area (Å²) in [6.45, 7) is 0. The number of aromatic nitrogens is 1. The second-order valence-electron chi connectivity index (χ2n) is 5.20. The van der Waals surface area contributed by atoms with Crippen LogP contribution in [0.5, 0.6) is 5.75 Å². The Hall–Kier alpha value is -2.86. The van der Waals surface area contributed by atoms with E-state index < -0.39 is 0 Å². The molecule has 0 bridgehead atoms. The van der Waals surface area contributed by atoms with Crippen molar-refractivity contribution < 1.29 is 9.53 Å². The number of pyridine rings is 1. The molecule has 0 fully saturated rings. The third kappa shape index (κ3) is 4.81. The maximum absolute atomic E-state index is 11.9. The second-order valence-corrected chi connectivity index (χ2v) is 6.20. The summed E-state index contributed by atoms with van der Waals surface area (Å²) in [5, 5.41) is 5.86. The number of carbonyl (C=O) groups is 1. The first-order chi connectivity index (χ1) is 12.2. The molecule has 2 aromatic carbocycles. The van der Waals surface area contributed by atoms with Crippen LogP contribution < -0.4 is 10.2 Å². The Kier molecular flexibility index (Phi) is 5.64. The molecule has 0 saturated heterocycles. The maximum atomic E-state index is 11.9. The van der Waals surface area contributed by atoms with Crippen molar-refractivity contribution in [2.45, 2.75) is 5.03 Å². The number of para-hydroxylation sites is 1. The van der Waals surface area contributed by atoms with Crippen LogP contribution in [0.4, 0.5) is 0 Å². The van der Waals surface area contributed by atoms with Gasteiger partial charge in [0.15, 0.2) is 0 Å². The van der Waals surface area contributed by atoms with Crippen LogP contribution in [0, 0.1) is 0 Å². The van der Waals surface area contributed by atoms with E-state index >= 15 is 0 Å². The quantitative estimate of drug-likeness (QED) is 0.419. The van der Waals surface area contributed by atoms with Crippen LogP contribution in [0.2, 0.25) is 0 Å². The third-order valence-corrected chi connectivity index (χ3v) is 4.35. The van der Waals surface area contributed by atoms with Crippen molar-refractivity contribution in [2.24, 2.45) is 5.10 Å². The van der Waals surface area contributed by atoms with Crippen LogP contribution in [-0.2, 0) is 4.79 Å².